The fourth-order valence-electron chi connectivity index (χ4n) is 1.05. The molecular formula is C9H15NO2. The second kappa shape index (κ2) is 3.72. The van der Waals surface area contributed by atoms with Gasteiger partial charge < -0.3 is 10.4 Å². The molecule has 3 nitrogen and oxygen atoms in total. The summed E-state index contributed by atoms with van der Waals surface area (Å²) in [6.07, 6.45) is 5.25. The Morgan fingerprint density at radius 1 is 1.67 bits per heavy atom. The highest BCUT2D eigenvalue weighted by atomic mass is 16.3. The van der Waals surface area contributed by atoms with Crippen molar-refractivity contribution >= 4 is 5.91 Å². The smallest absolute Gasteiger partial charge is 0.243 e. The first kappa shape index (κ1) is 9.26. The fraction of sp³-hybridized carbons (Fsp3) is 0.667. The third kappa shape index (κ3) is 2.34. The van der Waals surface area contributed by atoms with Gasteiger partial charge in [0.25, 0.3) is 0 Å². The molecule has 1 aliphatic rings. The van der Waals surface area contributed by atoms with E-state index >= 15 is 0 Å². The van der Waals surface area contributed by atoms with Crippen molar-refractivity contribution in [2.24, 2.45) is 5.41 Å². The Bertz CT molecular complexity index is 195. The van der Waals surface area contributed by atoms with Crippen molar-refractivity contribution in [3.8, 4) is 0 Å². The van der Waals surface area contributed by atoms with Crippen LogP contribution in [-0.4, -0.2) is 24.2 Å². The monoisotopic (exact) mass is 169 g/mol. The van der Waals surface area contributed by atoms with E-state index in [2.05, 4.69) is 5.32 Å². The predicted molar refractivity (Wildman–Crippen MR) is 46.6 cm³/mol. The number of hydrogen-bond acceptors (Lipinski definition) is 2. The van der Waals surface area contributed by atoms with Gasteiger partial charge in [-0.05, 0) is 25.8 Å². The Labute approximate surface area is 72.5 Å². The molecule has 3 heteroatoms. The maximum absolute atomic E-state index is 11.0. The van der Waals surface area contributed by atoms with E-state index in [1.807, 2.05) is 0 Å². The van der Waals surface area contributed by atoms with Crippen LogP contribution in [0.5, 0.6) is 0 Å². The summed E-state index contributed by atoms with van der Waals surface area (Å²) in [4.78, 5) is 11.0. The zero-order valence-corrected chi connectivity index (χ0v) is 7.34. The number of carbonyl (C=O) groups is 1. The number of nitrogens with one attached hydrogen (secondary N) is 1. The van der Waals surface area contributed by atoms with Crippen molar-refractivity contribution in [1.82, 2.24) is 5.32 Å². The van der Waals surface area contributed by atoms with Gasteiger partial charge in [0.15, 0.2) is 0 Å². The summed E-state index contributed by atoms with van der Waals surface area (Å²) in [5.41, 5.74) is 0.0112. The van der Waals surface area contributed by atoms with Crippen LogP contribution in [0.15, 0.2) is 12.2 Å². The normalized spacial score (nSPS) is 19.5. The Morgan fingerprint density at radius 2 is 2.33 bits per heavy atom. The molecule has 12 heavy (non-hydrogen) atoms. The van der Waals surface area contributed by atoms with Crippen LogP contribution in [0.3, 0.4) is 0 Å². The topological polar surface area (TPSA) is 49.3 Å². The van der Waals surface area contributed by atoms with Gasteiger partial charge in [-0.1, -0.05) is 6.08 Å². The highest BCUT2D eigenvalue weighted by molar-refractivity contribution is 5.87. The van der Waals surface area contributed by atoms with Crippen molar-refractivity contribution in [2.75, 3.05) is 13.2 Å². The van der Waals surface area contributed by atoms with Crippen LogP contribution in [0.2, 0.25) is 0 Å². The molecule has 1 rings (SSSR count). The summed E-state index contributed by atoms with van der Waals surface area (Å²) in [6.45, 7) is 2.59. The minimum absolute atomic E-state index is 0.0112. The maximum Gasteiger partial charge on any atom is 0.243 e. The SMILES string of the molecule is C/C=C/C(=O)NCC1(CO)CC1. The fourth-order valence-corrected chi connectivity index (χ4v) is 1.05. The van der Waals surface area contributed by atoms with Crippen LogP contribution in [0.4, 0.5) is 0 Å². The minimum Gasteiger partial charge on any atom is -0.396 e. The summed E-state index contributed by atoms with van der Waals surface area (Å²) < 4.78 is 0. The molecule has 0 aromatic carbocycles. The summed E-state index contributed by atoms with van der Waals surface area (Å²) in [7, 11) is 0. The number of hydrogen-bond donors (Lipinski definition) is 2. The van der Waals surface area contributed by atoms with Crippen LogP contribution in [0, 0.1) is 5.41 Å². The molecule has 0 unspecified atom stereocenters. The lowest BCUT2D eigenvalue weighted by Crippen LogP contribution is -2.30. The predicted octanol–water partition coefficient (Wildman–Crippen LogP) is 0.451. The van der Waals surface area contributed by atoms with E-state index in [0.717, 1.165) is 12.8 Å². The first-order valence-electron chi connectivity index (χ1n) is 4.24. The molecule has 2 N–H and O–H groups in total. The molecule has 0 bridgehead atoms. The quantitative estimate of drug-likeness (QED) is 0.600. The molecule has 1 saturated carbocycles. The molecule has 0 heterocycles. The first-order chi connectivity index (χ1) is 5.72. The number of allylic oxidation sites excluding steroid dienone is 1. The van der Waals surface area contributed by atoms with Crippen LogP contribution in [0.1, 0.15) is 19.8 Å². The summed E-state index contributed by atoms with van der Waals surface area (Å²) in [5, 5.41) is 11.7. The van der Waals surface area contributed by atoms with Crippen molar-refractivity contribution < 1.29 is 9.90 Å². The van der Waals surface area contributed by atoms with E-state index in [4.69, 9.17) is 5.11 Å². The third-order valence-corrected chi connectivity index (χ3v) is 2.25. The molecule has 0 radical (unpaired) electrons. The molecule has 0 aromatic rings. The Morgan fingerprint density at radius 3 is 2.75 bits per heavy atom. The van der Waals surface area contributed by atoms with E-state index in [9.17, 15) is 4.79 Å². The van der Waals surface area contributed by atoms with Crippen molar-refractivity contribution in [2.45, 2.75) is 19.8 Å². The van der Waals surface area contributed by atoms with Crippen LogP contribution < -0.4 is 5.32 Å². The molecule has 68 valence electrons. The lowest BCUT2D eigenvalue weighted by Gasteiger charge is -2.10. The van der Waals surface area contributed by atoms with E-state index in [0.29, 0.717) is 6.54 Å². The van der Waals surface area contributed by atoms with Crippen molar-refractivity contribution in [1.29, 1.82) is 0 Å². The van der Waals surface area contributed by atoms with Crippen LogP contribution in [0.25, 0.3) is 0 Å². The summed E-state index contributed by atoms with van der Waals surface area (Å²) >= 11 is 0. The molecule has 0 atom stereocenters. The molecule has 1 aliphatic carbocycles. The van der Waals surface area contributed by atoms with E-state index in [1.165, 1.54) is 6.08 Å². The van der Waals surface area contributed by atoms with Crippen molar-refractivity contribution in [3.05, 3.63) is 12.2 Å². The number of amides is 1. The Kier molecular flexibility index (Phi) is 2.87. The van der Waals surface area contributed by atoms with E-state index < -0.39 is 0 Å². The average molecular weight is 169 g/mol. The van der Waals surface area contributed by atoms with Gasteiger partial charge in [0.05, 0.1) is 6.61 Å². The van der Waals surface area contributed by atoms with Gasteiger partial charge in [0, 0.05) is 12.0 Å². The highest BCUT2D eigenvalue weighted by Gasteiger charge is 2.41. The van der Waals surface area contributed by atoms with Gasteiger partial charge in [-0.2, -0.15) is 0 Å². The molecule has 1 fully saturated rings. The molecular weight excluding hydrogens is 154 g/mol. The van der Waals surface area contributed by atoms with Crippen LogP contribution in [-0.2, 0) is 4.79 Å². The van der Waals surface area contributed by atoms with Gasteiger partial charge >= 0.3 is 0 Å². The Hall–Kier alpha value is -0.830. The van der Waals surface area contributed by atoms with Gasteiger partial charge in [0.1, 0.15) is 0 Å². The molecule has 0 aliphatic heterocycles. The van der Waals surface area contributed by atoms with E-state index in [1.54, 1.807) is 13.0 Å². The third-order valence-electron chi connectivity index (χ3n) is 2.25. The summed E-state index contributed by atoms with van der Waals surface area (Å²) in [5.74, 6) is -0.0720. The highest BCUT2D eigenvalue weighted by Crippen LogP contribution is 2.44. The second-order valence-electron chi connectivity index (χ2n) is 3.38. The standard InChI is InChI=1S/C9H15NO2/c1-2-3-8(12)10-6-9(7-11)4-5-9/h2-3,11H,4-7H2,1H3,(H,10,12)/b3-2+. The van der Waals surface area contributed by atoms with Gasteiger partial charge in [-0.25, -0.2) is 0 Å². The van der Waals surface area contributed by atoms with Crippen molar-refractivity contribution in [3.63, 3.8) is 0 Å². The number of aliphatic hydroxyl groups is 1. The van der Waals surface area contributed by atoms with Gasteiger partial charge in [-0.3, -0.25) is 4.79 Å². The zero-order chi connectivity index (χ0) is 9.03. The van der Waals surface area contributed by atoms with Gasteiger partial charge in [0.2, 0.25) is 5.91 Å². The molecule has 0 aromatic heterocycles. The second-order valence-corrected chi connectivity index (χ2v) is 3.38. The average Bonchev–Trinajstić information content (AvgIpc) is 2.82. The number of rotatable bonds is 4. The lowest BCUT2D eigenvalue weighted by atomic mass is 10.1. The first-order valence-corrected chi connectivity index (χ1v) is 4.24. The molecule has 0 spiro atoms. The van der Waals surface area contributed by atoms with Gasteiger partial charge in [-0.15, -0.1) is 0 Å². The molecule has 1 amide bonds. The minimum atomic E-state index is -0.0720. The lowest BCUT2D eigenvalue weighted by molar-refractivity contribution is -0.116. The molecule has 0 saturated heterocycles. The Balaban J connectivity index is 2.21. The number of carbonyl (C=O) groups excluding carboxylic acids is 1. The zero-order valence-electron chi connectivity index (χ0n) is 7.34. The largest absolute Gasteiger partial charge is 0.396 e. The summed E-state index contributed by atoms with van der Waals surface area (Å²) in [6, 6.07) is 0. The van der Waals surface area contributed by atoms with Crippen LogP contribution >= 0.6 is 0 Å². The van der Waals surface area contributed by atoms with E-state index in [-0.39, 0.29) is 17.9 Å². The number of aliphatic hydroxyl groups excluding tert-OH is 1. The maximum atomic E-state index is 11.0.